The van der Waals surface area contributed by atoms with E-state index in [4.69, 9.17) is 4.65 Å². The number of nitrogens with zero attached hydrogens (tertiary/aromatic N) is 1. The Kier molecular flexibility index (Phi) is 7.48. The second-order valence-corrected chi connectivity index (χ2v) is 7.59. The number of nitrogens with one attached hydrogen (secondary N) is 3. The molecule has 0 aromatic heterocycles. The van der Waals surface area contributed by atoms with E-state index in [-0.39, 0.29) is 23.8 Å². The molecule has 1 aromatic carbocycles. The lowest BCUT2D eigenvalue weighted by Gasteiger charge is -2.33. The standard InChI is InChI=1S/C19H29BN4O5/c1-21-7-8-22-14-5-9-24(10-6-14)12-17(25)23-16-11-13-3-2-4-15(19(26)27)18(13)29-20(16)28/h2-4,14,16,21-22,28H,5-12H2,1H3,(H,23,25)(H,26,27)/t16-/m0/s1. The van der Waals surface area contributed by atoms with Gasteiger partial charge in [0.1, 0.15) is 5.75 Å². The number of piperidine rings is 1. The Morgan fingerprint density at radius 2 is 2.03 bits per heavy atom. The summed E-state index contributed by atoms with van der Waals surface area (Å²) in [4.78, 5) is 25.9. The maximum Gasteiger partial charge on any atom is 0.547 e. The molecule has 29 heavy (non-hydrogen) atoms. The number of carbonyl (C=O) groups is 2. The number of benzene rings is 1. The zero-order chi connectivity index (χ0) is 20.8. The summed E-state index contributed by atoms with van der Waals surface area (Å²) >= 11 is 0. The Labute approximate surface area is 170 Å². The van der Waals surface area contributed by atoms with Crippen LogP contribution in [0.3, 0.4) is 0 Å². The third-order valence-electron chi connectivity index (χ3n) is 5.46. The van der Waals surface area contributed by atoms with Crippen molar-refractivity contribution in [2.75, 3.05) is 39.8 Å². The van der Waals surface area contributed by atoms with Gasteiger partial charge < -0.3 is 30.7 Å². The lowest BCUT2D eigenvalue weighted by Crippen LogP contribution is -2.55. The molecule has 2 aliphatic heterocycles. The van der Waals surface area contributed by atoms with Crippen LogP contribution in [0.25, 0.3) is 0 Å². The van der Waals surface area contributed by atoms with Crippen LogP contribution in [0.4, 0.5) is 0 Å². The van der Waals surface area contributed by atoms with Crippen LogP contribution in [0.1, 0.15) is 28.8 Å². The quantitative estimate of drug-likeness (QED) is 0.279. The smallest absolute Gasteiger partial charge is 0.534 e. The van der Waals surface area contributed by atoms with Gasteiger partial charge in [-0.25, -0.2) is 4.79 Å². The second kappa shape index (κ2) is 10.1. The highest BCUT2D eigenvalue weighted by Gasteiger charge is 2.38. The minimum atomic E-state index is -1.28. The molecule has 0 unspecified atom stereocenters. The number of aromatic carboxylic acids is 1. The molecule has 0 bridgehead atoms. The van der Waals surface area contributed by atoms with Gasteiger partial charge in [-0.2, -0.15) is 0 Å². The maximum absolute atomic E-state index is 12.5. The first-order chi connectivity index (χ1) is 14.0. The fourth-order valence-electron chi connectivity index (χ4n) is 3.87. The molecule has 1 fully saturated rings. The Bertz CT molecular complexity index is 727. The molecule has 3 rings (SSSR count). The molecule has 9 nitrogen and oxygen atoms in total. The molecular weight excluding hydrogens is 375 g/mol. The number of fused-ring (bicyclic) bond motifs is 1. The first-order valence-electron chi connectivity index (χ1n) is 10.1. The minimum absolute atomic E-state index is 0.0116. The molecular formula is C19H29BN4O5. The van der Waals surface area contributed by atoms with Gasteiger partial charge in [-0.3, -0.25) is 9.69 Å². The summed E-state index contributed by atoms with van der Waals surface area (Å²) in [7, 11) is 0.648. The van der Waals surface area contributed by atoms with Crippen molar-refractivity contribution in [1.29, 1.82) is 0 Å². The Morgan fingerprint density at radius 3 is 2.72 bits per heavy atom. The summed E-state index contributed by atoms with van der Waals surface area (Å²) in [6.07, 6.45) is 2.32. The monoisotopic (exact) mass is 404 g/mol. The summed E-state index contributed by atoms with van der Waals surface area (Å²) < 4.78 is 5.42. The van der Waals surface area contributed by atoms with Crippen molar-refractivity contribution in [3.8, 4) is 5.75 Å². The van der Waals surface area contributed by atoms with Crippen LogP contribution in [0, 0.1) is 0 Å². The van der Waals surface area contributed by atoms with Crippen molar-refractivity contribution in [1.82, 2.24) is 20.9 Å². The van der Waals surface area contributed by atoms with Gasteiger partial charge in [0, 0.05) is 32.2 Å². The maximum atomic E-state index is 12.5. The van der Waals surface area contributed by atoms with Crippen molar-refractivity contribution in [3.05, 3.63) is 29.3 Å². The summed E-state index contributed by atoms with van der Waals surface area (Å²) in [6, 6.07) is 5.30. The van der Waals surface area contributed by atoms with Gasteiger partial charge >= 0.3 is 13.1 Å². The molecule has 0 spiro atoms. The summed E-state index contributed by atoms with van der Waals surface area (Å²) in [5.41, 5.74) is 0.673. The van der Waals surface area contributed by atoms with Crippen LogP contribution in [0.2, 0.25) is 0 Å². The third kappa shape index (κ3) is 5.69. The van der Waals surface area contributed by atoms with Crippen molar-refractivity contribution in [2.45, 2.75) is 31.2 Å². The number of hydrogen-bond acceptors (Lipinski definition) is 7. The van der Waals surface area contributed by atoms with Crippen LogP contribution in [0.5, 0.6) is 5.75 Å². The first-order valence-corrected chi connectivity index (χ1v) is 10.1. The SMILES string of the molecule is CNCCNC1CCN(CC(=O)N[C@H]2Cc3cccc(C(=O)O)c3OB2O)CC1. The zero-order valence-corrected chi connectivity index (χ0v) is 16.7. The fraction of sp³-hybridized carbons (Fsp3) is 0.579. The first kappa shape index (κ1) is 21.6. The predicted molar refractivity (Wildman–Crippen MR) is 109 cm³/mol. The van der Waals surface area contributed by atoms with Crippen LogP contribution >= 0.6 is 0 Å². The summed E-state index contributed by atoms with van der Waals surface area (Å²) in [5, 5.41) is 29.0. The number of para-hydroxylation sites is 1. The van der Waals surface area contributed by atoms with E-state index in [9.17, 15) is 19.7 Å². The highest BCUT2D eigenvalue weighted by molar-refractivity contribution is 6.47. The average Bonchev–Trinajstić information content (AvgIpc) is 2.69. The lowest BCUT2D eigenvalue weighted by molar-refractivity contribution is -0.123. The fourth-order valence-corrected chi connectivity index (χ4v) is 3.87. The number of carboxylic acids is 1. The van der Waals surface area contributed by atoms with E-state index in [1.54, 1.807) is 12.1 Å². The molecule has 0 saturated carbocycles. The molecule has 0 aliphatic carbocycles. The predicted octanol–water partition coefficient (Wildman–Crippen LogP) is -0.902. The van der Waals surface area contributed by atoms with E-state index in [1.165, 1.54) is 6.07 Å². The molecule has 5 N–H and O–H groups in total. The van der Waals surface area contributed by atoms with Crippen molar-refractivity contribution < 1.29 is 24.4 Å². The van der Waals surface area contributed by atoms with E-state index in [1.807, 2.05) is 7.05 Å². The molecule has 1 aromatic rings. The molecule has 1 saturated heterocycles. The highest BCUT2D eigenvalue weighted by atomic mass is 16.5. The van der Waals surface area contributed by atoms with Gasteiger partial charge in [0.05, 0.1) is 18.0 Å². The number of carbonyl (C=O) groups excluding carboxylic acids is 1. The van der Waals surface area contributed by atoms with E-state index in [0.717, 1.165) is 39.0 Å². The molecule has 10 heteroatoms. The molecule has 2 aliphatic rings. The number of amides is 1. The van der Waals surface area contributed by atoms with Crippen molar-refractivity contribution in [2.24, 2.45) is 0 Å². The van der Waals surface area contributed by atoms with Gasteiger partial charge in [0.25, 0.3) is 0 Å². The Balaban J connectivity index is 1.48. The Hall–Kier alpha value is -2.14. The average molecular weight is 404 g/mol. The summed E-state index contributed by atoms with van der Waals surface area (Å²) in [6.45, 7) is 3.84. The second-order valence-electron chi connectivity index (χ2n) is 7.59. The molecule has 1 atom stereocenters. The minimum Gasteiger partial charge on any atom is -0.534 e. The van der Waals surface area contributed by atoms with Crippen LogP contribution < -0.4 is 20.6 Å². The van der Waals surface area contributed by atoms with E-state index in [2.05, 4.69) is 20.9 Å². The normalized spacial score (nSPS) is 20.1. The van der Waals surface area contributed by atoms with Gasteiger partial charge in [-0.05, 0) is 37.9 Å². The van der Waals surface area contributed by atoms with E-state index >= 15 is 0 Å². The van der Waals surface area contributed by atoms with E-state index in [0.29, 0.717) is 18.0 Å². The number of likely N-dealkylation sites (tertiary alicyclic amines) is 1. The highest BCUT2D eigenvalue weighted by Crippen LogP contribution is 2.30. The number of carboxylic acid groups (broad SMARTS) is 1. The largest absolute Gasteiger partial charge is 0.547 e. The van der Waals surface area contributed by atoms with Gasteiger partial charge in [0.15, 0.2) is 0 Å². The van der Waals surface area contributed by atoms with Gasteiger partial charge in [0.2, 0.25) is 5.91 Å². The molecule has 158 valence electrons. The van der Waals surface area contributed by atoms with Gasteiger partial charge in [-0.15, -0.1) is 0 Å². The number of hydrogen-bond donors (Lipinski definition) is 5. The Morgan fingerprint density at radius 1 is 1.28 bits per heavy atom. The lowest BCUT2D eigenvalue weighted by atomic mass is 9.72. The number of rotatable bonds is 8. The number of likely N-dealkylation sites (N-methyl/N-ethyl adjacent to an activating group) is 1. The van der Waals surface area contributed by atoms with Crippen LogP contribution in [0.15, 0.2) is 18.2 Å². The molecule has 1 amide bonds. The van der Waals surface area contributed by atoms with Crippen LogP contribution in [-0.4, -0.2) is 85.8 Å². The van der Waals surface area contributed by atoms with Crippen LogP contribution in [-0.2, 0) is 11.2 Å². The molecule has 0 radical (unpaired) electrons. The topological polar surface area (TPSA) is 123 Å². The van der Waals surface area contributed by atoms with Crippen molar-refractivity contribution >= 4 is 19.0 Å². The summed E-state index contributed by atoms with van der Waals surface area (Å²) in [5.74, 6) is -1.72. The third-order valence-corrected chi connectivity index (χ3v) is 5.46. The molecule has 2 heterocycles. The zero-order valence-electron chi connectivity index (χ0n) is 16.7. The van der Waals surface area contributed by atoms with Crippen molar-refractivity contribution in [3.63, 3.8) is 0 Å². The van der Waals surface area contributed by atoms with E-state index < -0.39 is 19.0 Å². The van der Waals surface area contributed by atoms with Gasteiger partial charge in [-0.1, -0.05) is 12.1 Å².